The van der Waals surface area contributed by atoms with E-state index >= 15 is 0 Å². The Morgan fingerprint density at radius 2 is 1.59 bits per heavy atom. The van der Waals surface area contributed by atoms with Crippen LogP contribution in [-0.4, -0.2) is 58.3 Å². The molecule has 1 heterocycles. The number of sulfonamides is 1. The molecule has 0 radical (unpaired) electrons. The number of hydrogen-bond donors (Lipinski definition) is 1. The molecule has 0 unspecified atom stereocenters. The second-order valence-electron chi connectivity index (χ2n) is 12.5. The molecule has 1 N–H and O–H groups in total. The first-order valence-electron chi connectivity index (χ1n) is 14.5. The monoisotopic (exact) mass is 551 g/mol. The molecule has 0 aromatic heterocycles. The number of nitrogens with zero attached hydrogens (tertiary/aromatic N) is 2. The highest BCUT2D eigenvalue weighted by atomic mass is 32.2. The van der Waals surface area contributed by atoms with E-state index in [1.54, 1.807) is 0 Å². The van der Waals surface area contributed by atoms with Crippen LogP contribution in [-0.2, 0) is 38.1 Å². The summed E-state index contributed by atoms with van der Waals surface area (Å²) in [5.74, 6) is 2.25. The largest absolute Gasteiger partial charge is 0.379 e. The number of ether oxygens (including phenoxy) is 1. The van der Waals surface area contributed by atoms with Gasteiger partial charge in [0.1, 0.15) is 6.54 Å². The third-order valence-corrected chi connectivity index (χ3v) is 10.6. The van der Waals surface area contributed by atoms with Crippen molar-refractivity contribution in [3.63, 3.8) is 0 Å². The molecule has 210 valence electrons. The molecule has 8 heteroatoms. The molecule has 5 fully saturated rings. The molecule has 1 saturated heterocycles. The minimum absolute atomic E-state index is 0.233. The fourth-order valence-corrected chi connectivity index (χ4v) is 8.94. The Balaban J connectivity index is 1.09. The highest BCUT2D eigenvalue weighted by Gasteiger charge is 2.51. The molecule has 2 aromatic rings. The van der Waals surface area contributed by atoms with E-state index in [-0.39, 0.29) is 17.9 Å². The molecule has 4 bridgehead atoms. The van der Waals surface area contributed by atoms with Crippen molar-refractivity contribution >= 4 is 21.6 Å². The standard InChI is InChI=1S/C31H41N3O4S/c1-39(36,37)34(22-30(35)32-20-23-3-2-4-24(13-23)21-33-9-11-38-12-10-33)29-7-5-28(6-8-29)31-17-25-14-26(18-31)16-27(15-25)19-31/h2-8,13,25-27H,9-12,14-22H2,1H3,(H,32,35). The van der Waals surface area contributed by atoms with E-state index in [0.29, 0.717) is 12.2 Å². The minimum atomic E-state index is -3.62. The smallest absolute Gasteiger partial charge is 0.241 e. The number of hydrogen-bond acceptors (Lipinski definition) is 5. The average molecular weight is 552 g/mol. The average Bonchev–Trinajstić information content (AvgIpc) is 2.90. The zero-order valence-corrected chi connectivity index (χ0v) is 23.8. The predicted molar refractivity (Wildman–Crippen MR) is 153 cm³/mol. The lowest BCUT2D eigenvalue weighted by molar-refractivity contribution is -0.119. The van der Waals surface area contributed by atoms with Crippen LogP contribution in [0.4, 0.5) is 5.69 Å². The summed E-state index contributed by atoms with van der Waals surface area (Å²) >= 11 is 0. The zero-order chi connectivity index (χ0) is 27.0. The van der Waals surface area contributed by atoms with Crippen LogP contribution < -0.4 is 9.62 Å². The molecule has 4 saturated carbocycles. The first-order valence-corrected chi connectivity index (χ1v) is 16.3. The van der Waals surface area contributed by atoms with Gasteiger partial charge in [-0.25, -0.2) is 8.42 Å². The Morgan fingerprint density at radius 1 is 0.974 bits per heavy atom. The first kappa shape index (κ1) is 26.8. The van der Waals surface area contributed by atoms with Crippen LogP contribution in [0.5, 0.6) is 0 Å². The van der Waals surface area contributed by atoms with E-state index in [1.165, 1.54) is 60.2 Å². The van der Waals surface area contributed by atoms with Gasteiger partial charge in [0.15, 0.2) is 0 Å². The predicted octanol–water partition coefficient (Wildman–Crippen LogP) is 4.07. The van der Waals surface area contributed by atoms with Gasteiger partial charge < -0.3 is 10.1 Å². The Hall–Kier alpha value is -2.42. The lowest BCUT2D eigenvalue weighted by Gasteiger charge is -2.57. The maximum atomic E-state index is 12.9. The van der Waals surface area contributed by atoms with E-state index in [4.69, 9.17) is 4.74 Å². The van der Waals surface area contributed by atoms with Gasteiger partial charge in [-0.05, 0) is 90.5 Å². The van der Waals surface area contributed by atoms with Crippen molar-refractivity contribution in [1.82, 2.24) is 10.2 Å². The lowest BCUT2D eigenvalue weighted by Crippen LogP contribution is -2.48. The van der Waals surface area contributed by atoms with E-state index in [0.717, 1.165) is 56.2 Å². The molecule has 1 aliphatic heterocycles. The van der Waals surface area contributed by atoms with E-state index in [1.807, 2.05) is 24.3 Å². The van der Waals surface area contributed by atoms with Crippen molar-refractivity contribution in [1.29, 1.82) is 0 Å². The van der Waals surface area contributed by atoms with E-state index < -0.39 is 10.0 Å². The highest BCUT2D eigenvalue weighted by Crippen LogP contribution is 2.60. The molecular weight excluding hydrogens is 510 g/mol. The van der Waals surface area contributed by atoms with Gasteiger partial charge in [0, 0.05) is 26.2 Å². The summed E-state index contributed by atoms with van der Waals surface area (Å²) in [6.45, 7) is 4.35. The molecule has 0 atom stereocenters. The van der Waals surface area contributed by atoms with Gasteiger partial charge in [-0.1, -0.05) is 36.4 Å². The molecule has 2 aromatic carbocycles. The van der Waals surface area contributed by atoms with Crippen molar-refractivity contribution in [3.05, 3.63) is 65.2 Å². The van der Waals surface area contributed by atoms with Gasteiger partial charge in [0.2, 0.25) is 15.9 Å². The third-order valence-electron chi connectivity index (χ3n) is 9.48. The minimum Gasteiger partial charge on any atom is -0.379 e. The highest BCUT2D eigenvalue weighted by molar-refractivity contribution is 7.92. The van der Waals surface area contributed by atoms with Crippen LogP contribution in [0.15, 0.2) is 48.5 Å². The summed E-state index contributed by atoms with van der Waals surface area (Å²) in [4.78, 5) is 15.3. The van der Waals surface area contributed by atoms with Crippen LogP contribution in [0.1, 0.15) is 55.2 Å². The third kappa shape index (κ3) is 6.03. The topological polar surface area (TPSA) is 79.0 Å². The fraction of sp³-hybridized carbons (Fsp3) is 0.581. The SMILES string of the molecule is CS(=O)(=O)N(CC(=O)NCc1cccc(CN2CCOCC2)c1)c1ccc(C23CC4CC(CC(C4)C2)C3)cc1. The number of amides is 1. The summed E-state index contributed by atoms with van der Waals surface area (Å²) in [6, 6.07) is 16.2. The fourth-order valence-electron chi connectivity index (χ4n) is 8.09. The number of carbonyl (C=O) groups excluding carboxylic acids is 1. The van der Waals surface area contributed by atoms with Crippen molar-refractivity contribution < 1.29 is 17.9 Å². The van der Waals surface area contributed by atoms with Crippen LogP contribution in [0.25, 0.3) is 0 Å². The maximum absolute atomic E-state index is 12.9. The summed E-state index contributed by atoms with van der Waals surface area (Å²) in [5.41, 5.74) is 4.35. The normalized spacial score (nSPS) is 28.4. The molecule has 7 nitrogen and oxygen atoms in total. The van der Waals surface area contributed by atoms with Gasteiger partial charge in [0.25, 0.3) is 0 Å². The van der Waals surface area contributed by atoms with Crippen LogP contribution in [0.2, 0.25) is 0 Å². The number of benzene rings is 2. The quantitative estimate of drug-likeness (QED) is 0.508. The summed E-state index contributed by atoms with van der Waals surface area (Å²) < 4.78 is 32.1. The molecule has 7 rings (SSSR count). The molecule has 5 aliphatic rings. The molecule has 4 aliphatic carbocycles. The van der Waals surface area contributed by atoms with Crippen LogP contribution in [0.3, 0.4) is 0 Å². The molecular formula is C31H41N3O4S. The van der Waals surface area contributed by atoms with Crippen molar-refractivity contribution in [2.75, 3.05) is 43.4 Å². The van der Waals surface area contributed by atoms with Crippen molar-refractivity contribution in [2.24, 2.45) is 17.8 Å². The van der Waals surface area contributed by atoms with E-state index in [9.17, 15) is 13.2 Å². The maximum Gasteiger partial charge on any atom is 0.241 e. The number of carbonyl (C=O) groups is 1. The van der Waals surface area contributed by atoms with Gasteiger partial charge in [0.05, 0.1) is 25.2 Å². The van der Waals surface area contributed by atoms with Gasteiger partial charge in [-0.2, -0.15) is 0 Å². The van der Waals surface area contributed by atoms with Gasteiger partial charge in [-0.3, -0.25) is 14.0 Å². The van der Waals surface area contributed by atoms with E-state index in [2.05, 4.69) is 34.5 Å². The summed E-state index contributed by atoms with van der Waals surface area (Å²) in [6.07, 6.45) is 9.16. The number of anilines is 1. The second-order valence-corrected chi connectivity index (χ2v) is 14.4. The Bertz CT molecular complexity index is 1250. The Morgan fingerprint density at radius 3 is 2.21 bits per heavy atom. The van der Waals surface area contributed by atoms with Crippen LogP contribution >= 0.6 is 0 Å². The Labute approximate surface area is 233 Å². The number of rotatable bonds is 9. The second kappa shape index (κ2) is 10.9. The molecule has 1 amide bonds. The Kier molecular flexibility index (Phi) is 7.46. The van der Waals surface area contributed by atoms with Gasteiger partial charge >= 0.3 is 0 Å². The summed E-state index contributed by atoms with van der Waals surface area (Å²) in [5, 5.41) is 2.92. The van der Waals surface area contributed by atoms with Gasteiger partial charge in [-0.15, -0.1) is 0 Å². The number of morpholine rings is 1. The lowest BCUT2D eigenvalue weighted by atomic mass is 9.48. The molecule has 0 spiro atoms. The summed E-state index contributed by atoms with van der Waals surface area (Å²) in [7, 11) is -3.62. The number of nitrogens with one attached hydrogen (secondary N) is 1. The van der Waals surface area contributed by atoms with Crippen LogP contribution in [0, 0.1) is 17.8 Å². The molecule has 39 heavy (non-hydrogen) atoms. The van der Waals surface area contributed by atoms with Crippen molar-refractivity contribution in [3.8, 4) is 0 Å². The van der Waals surface area contributed by atoms with Crippen molar-refractivity contribution in [2.45, 2.75) is 57.0 Å². The first-order chi connectivity index (χ1) is 18.8. The zero-order valence-electron chi connectivity index (χ0n) is 23.0.